The Balaban J connectivity index is 1.37. The van der Waals surface area contributed by atoms with Gasteiger partial charge in [0.15, 0.2) is 5.69 Å². The minimum Gasteiger partial charge on any atom is -0.326 e. The number of carbonyl (C=O) groups is 2. The Kier molecular flexibility index (Phi) is 6.21. The molecule has 0 unspecified atom stereocenters. The lowest BCUT2D eigenvalue weighted by molar-refractivity contribution is -0.141. The Hall–Kier alpha value is -3.63. The third kappa shape index (κ3) is 5.41. The third-order valence-electron chi connectivity index (χ3n) is 5.30. The number of carbonyl (C=O) groups excluding carboxylic acids is 2. The predicted molar refractivity (Wildman–Crippen MR) is 115 cm³/mol. The van der Waals surface area contributed by atoms with Gasteiger partial charge >= 0.3 is 6.18 Å². The summed E-state index contributed by atoms with van der Waals surface area (Å²) in [4.78, 5) is 24.9. The fourth-order valence-corrected chi connectivity index (χ4v) is 3.53. The van der Waals surface area contributed by atoms with E-state index < -0.39 is 11.9 Å². The van der Waals surface area contributed by atoms with Crippen LogP contribution in [0.1, 0.15) is 54.0 Å². The zero-order valence-electron chi connectivity index (χ0n) is 17.9. The van der Waals surface area contributed by atoms with Crippen LogP contribution in [0.4, 0.5) is 24.5 Å². The number of aromatic nitrogens is 4. The van der Waals surface area contributed by atoms with Crippen molar-refractivity contribution in [3.63, 3.8) is 0 Å². The molecule has 0 saturated heterocycles. The number of benzene rings is 1. The number of hydrogen-bond acceptors (Lipinski definition) is 4. The summed E-state index contributed by atoms with van der Waals surface area (Å²) in [6, 6.07) is 9.32. The van der Waals surface area contributed by atoms with Crippen LogP contribution in [0, 0.1) is 0 Å². The second-order valence-electron chi connectivity index (χ2n) is 7.81. The quantitative estimate of drug-likeness (QED) is 0.525. The first kappa shape index (κ1) is 22.6. The van der Waals surface area contributed by atoms with Gasteiger partial charge in [-0.05, 0) is 50.1 Å². The fourth-order valence-electron chi connectivity index (χ4n) is 3.53. The molecule has 0 radical (unpaired) electrons. The highest BCUT2D eigenvalue weighted by molar-refractivity contribution is 6.03. The molecule has 174 valence electrons. The lowest BCUT2D eigenvalue weighted by atomic mass is 10.2. The Morgan fingerprint density at radius 3 is 2.48 bits per heavy atom. The summed E-state index contributed by atoms with van der Waals surface area (Å²) in [7, 11) is 0. The van der Waals surface area contributed by atoms with Crippen LogP contribution < -0.4 is 10.6 Å². The van der Waals surface area contributed by atoms with E-state index >= 15 is 0 Å². The van der Waals surface area contributed by atoms with Gasteiger partial charge in [-0.1, -0.05) is 6.07 Å². The van der Waals surface area contributed by atoms with Crippen LogP contribution in [-0.2, 0) is 24.1 Å². The highest BCUT2D eigenvalue weighted by atomic mass is 19.4. The van der Waals surface area contributed by atoms with Gasteiger partial charge in [-0.2, -0.15) is 23.4 Å². The van der Waals surface area contributed by atoms with Crippen LogP contribution in [0.5, 0.6) is 0 Å². The van der Waals surface area contributed by atoms with Crippen molar-refractivity contribution in [1.82, 2.24) is 19.6 Å². The highest BCUT2D eigenvalue weighted by Gasteiger charge is 2.37. The van der Waals surface area contributed by atoms with E-state index in [0.717, 1.165) is 18.9 Å². The lowest BCUT2D eigenvalue weighted by Gasteiger charge is -2.10. The van der Waals surface area contributed by atoms with Gasteiger partial charge in [-0.25, -0.2) is 0 Å². The van der Waals surface area contributed by atoms with E-state index in [-0.39, 0.29) is 30.7 Å². The molecule has 2 N–H and O–H groups in total. The van der Waals surface area contributed by atoms with Crippen molar-refractivity contribution in [2.75, 3.05) is 10.6 Å². The average Bonchev–Trinajstić information content (AvgIpc) is 3.32. The molecule has 1 saturated carbocycles. The molecule has 0 atom stereocenters. The van der Waals surface area contributed by atoms with Gasteiger partial charge in [-0.3, -0.25) is 19.0 Å². The Morgan fingerprint density at radius 1 is 1.09 bits per heavy atom. The molecule has 2 amide bonds. The molecule has 11 heteroatoms. The molecule has 33 heavy (non-hydrogen) atoms. The summed E-state index contributed by atoms with van der Waals surface area (Å²) < 4.78 is 41.9. The van der Waals surface area contributed by atoms with Crippen LogP contribution >= 0.6 is 0 Å². The van der Waals surface area contributed by atoms with Crippen molar-refractivity contribution in [3.8, 4) is 0 Å². The largest absolute Gasteiger partial charge is 0.435 e. The second-order valence-corrected chi connectivity index (χ2v) is 7.81. The fraction of sp³-hybridized carbons (Fsp3) is 0.364. The zero-order chi connectivity index (χ0) is 23.6. The van der Waals surface area contributed by atoms with E-state index in [9.17, 15) is 22.8 Å². The molecule has 1 fully saturated rings. The van der Waals surface area contributed by atoms with Crippen molar-refractivity contribution >= 4 is 23.2 Å². The number of amides is 2. The first-order valence-electron chi connectivity index (χ1n) is 10.6. The van der Waals surface area contributed by atoms with E-state index in [0.29, 0.717) is 29.3 Å². The van der Waals surface area contributed by atoms with E-state index in [1.807, 2.05) is 6.92 Å². The van der Waals surface area contributed by atoms with E-state index in [1.54, 1.807) is 41.2 Å². The number of alkyl halides is 3. The molecule has 0 aliphatic heterocycles. The minimum absolute atomic E-state index is 0.0367. The Labute approximate surface area is 187 Å². The number of hydrogen-bond donors (Lipinski definition) is 2. The zero-order valence-corrected chi connectivity index (χ0v) is 17.9. The highest BCUT2D eigenvalue weighted by Crippen LogP contribution is 2.42. The smallest absolute Gasteiger partial charge is 0.326 e. The summed E-state index contributed by atoms with van der Waals surface area (Å²) in [5.41, 5.74) is 0.944. The van der Waals surface area contributed by atoms with Gasteiger partial charge in [0.25, 0.3) is 5.91 Å². The van der Waals surface area contributed by atoms with Crippen molar-refractivity contribution in [3.05, 3.63) is 59.7 Å². The number of nitrogens with zero attached hydrogens (tertiary/aromatic N) is 4. The second kappa shape index (κ2) is 9.08. The molecule has 2 heterocycles. The standard InChI is InChI=1S/C22H23F3N6O2/c1-2-30-17(8-10-26-30)21(33)28-16-5-3-4-15(12-16)27-20(32)9-11-31-18(14-6-7-14)13-19(29-31)22(23,24)25/h3-5,8,10,12-14H,2,6-7,9,11H2,1H3,(H,27,32)(H,28,33). The van der Waals surface area contributed by atoms with Crippen molar-refractivity contribution < 1.29 is 22.8 Å². The monoisotopic (exact) mass is 460 g/mol. The number of anilines is 2. The molecular formula is C22H23F3N6O2. The van der Waals surface area contributed by atoms with E-state index in [4.69, 9.17) is 0 Å². The molecule has 4 rings (SSSR count). The van der Waals surface area contributed by atoms with Gasteiger partial charge in [-0.15, -0.1) is 0 Å². The van der Waals surface area contributed by atoms with Crippen molar-refractivity contribution in [1.29, 1.82) is 0 Å². The average molecular weight is 460 g/mol. The first-order chi connectivity index (χ1) is 15.7. The summed E-state index contributed by atoms with van der Waals surface area (Å²) in [5.74, 6) is -0.626. The summed E-state index contributed by atoms with van der Waals surface area (Å²) >= 11 is 0. The molecule has 0 spiro atoms. The molecule has 8 nitrogen and oxygen atoms in total. The van der Waals surface area contributed by atoms with Crippen LogP contribution in [0.2, 0.25) is 0 Å². The normalized spacial score (nSPS) is 13.7. The van der Waals surface area contributed by atoms with Crippen LogP contribution in [0.15, 0.2) is 42.6 Å². The lowest BCUT2D eigenvalue weighted by Crippen LogP contribution is -2.18. The Morgan fingerprint density at radius 2 is 1.82 bits per heavy atom. The predicted octanol–water partition coefficient (Wildman–Crippen LogP) is 4.28. The number of nitrogens with one attached hydrogen (secondary N) is 2. The van der Waals surface area contributed by atoms with Gasteiger partial charge < -0.3 is 10.6 Å². The summed E-state index contributed by atoms with van der Waals surface area (Å²) in [5, 5.41) is 13.2. The van der Waals surface area contributed by atoms with Gasteiger partial charge in [0.05, 0.1) is 0 Å². The number of aryl methyl sites for hydroxylation is 2. The maximum Gasteiger partial charge on any atom is 0.435 e. The minimum atomic E-state index is -4.52. The third-order valence-corrected chi connectivity index (χ3v) is 5.30. The summed E-state index contributed by atoms with van der Waals surface area (Å²) in [6.45, 7) is 2.47. The van der Waals surface area contributed by atoms with Crippen LogP contribution in [0.25, 0.3) is 0 Å². The number of rotatable bonds is 8. The SMILES string of the molecule is CCn1nccc1C(=O)Nc1cccc(NC(=O)CCn2nc(C(F)(F)F)cc2C2CC2)c1. The van der Waals surface area contributed by atoms with Crippen molar-refractivity contribution in [2.24, 2.45) is 0 Å². The van der Waals surface area contributed by atoms with Crippen LogP contribution in [-0.4, -0.2) is 31.4 Å². The molecule has 0 bridgehead atoms. The molecule has 3 aromatic rings. The van der Waals surface area contributed by atoms with Crippen LogP contribution in [0.3, 0.4) is 0 Å². The van der Waals surface area contributed by atoms with E-state index in [1.165, 1.54) is 4.68 Å². The molecule has 1 aliphatic rings. The maximum absolute atomic E-state index is 13.0. The Bertz CT molecular complexity index is 1160. The van der Waals surface area contributed by atoms with Crippen molar-refractivity contribution in [2.45, 2.75) is 51.4 Å². The maximum atomic E-state index is 13.0. The number of halogens is 3. The molecule has 2 aromatic heterocycles. The van der Waals surface area contributed by atoms with Gasteiger partial charge in [0.2, 0.25) is 5.91 Å². The first-order valence-corrected chi connectivity index (χ1v) is 10.6. The summed E-state index contributed by atoms with van der Waals surface area (Å²) in [6.07, 6.45) is -1.36. The topological polar surface area (TPSA) is 93.8 Å². The molecule has 1 aromatic carbocycles. The molecular weight excluding hydrogens is 437 g/mol. The molecule has 1 aliphatic carbocycles. The van der Waals surface area contributed by atoms with Gasteiger partial charge in [0, 0.05) is 48.7 Å². The van der Waals surface area contributed by atoms with Gasteiger partial charge in [0.1, 0.15) is 5.69 Å². The van der Waals surface area contributed by atoms with E-state index in [2.05, 4.69) is 20.8 Å².